The van der Waals surface area contributed by atoms with E-state index in [4.69, 9.17) is 10.8 Å². The zero-order chi connectivity index (χ0) is 18.4. The van der Waals surface area contributed by atoms with Crippen molar-refractivity contribution in [3.05, 3.63) is 60.1 Å². The summed E-state index contributed by atoms with van der Waals surface area (Å²) in [4.78, 5) is 26.6. The zero-order valence-electron chi connectivity index (χ0n) is 14.7. The molecule has 0 saturated carbocycles. The molecule has 0 aliphatic carbocycles. The minimum atomic E-state index is -0.942. The van der Waals surface area contributed by atoms with E-state index in [2.05, 4.69) is 11.2 Å². The zero-order valence-corrected chi connectivity index (χ0v) is 14.7. The molecule has 2 aromatic rings. The van der Waals surface area contributed by atoms with Crippen molar-refractivity contribution in [2.75, 3.05) is 0 Å². The number of rotatable bonds is 5. The largest absolute Gasteiger partial charge is 0.467 e. The van der Waals surface area contributed by atoms with E-state index in [0.29, 0.717) is 12.3 Å². The SMILES string of the molecule is C#CC(=O)N(C(C(=O)NCc1ccccc1)c1ccco1)C(C)(C)C. The van der Waals surface area contributed by atoms with Crippen molar-refractivity contribution in [3.8, 4) is 12.3 Å². The predicted molar refractivity (Wildman–Crippen MR) is 95.2 cm³/mol. The molecule has 0 fully saturated rings. The maximum absolute atomic E-state index is 12.9. The van der Waals surface area contributed by atoms with Gasteiger partial charge in [-0.2, -0.15) is 0 Å². The fraction of sp³-hybridized carbons (Fsp3) is 0.300. The third kappa shape index (κ3) is 4.51. The standard InChI is InChI=1S/C20H22N2O3/c1-5-17(23)22(20(2,3)4)18(16-12-9-13-25-16)19(24)21-14-15-10-7-6-8-11-15/h1,6-13,18H,14H2,2-4H3,(H,21,24). The van der Waals surface area contributed by atoms with E-state index >= 15 is 0 Å². The Morgan fingerprint density at radius 1 is 1.20 bits per heavy atom. The van der Waals surface area contributed by atoms with Gasteiger partial charge in [-0.05, 0) is 44.4 Å². The van der Waals surface area contributed by atoms with Crippen LogP contribution in [0.5, 0.6) is 0 Å². The highest BCUT2D eigenvalue weighted by molar-refractivity contribution is 5.97. The molecule has 25 heavy (non-hydrogen) atoms. The van der Waals surface area contributed by atoms with Crippen molar-refractivity contribution in [2.24, 2.45) is 0 Å². The van der Waals surface area contributed by atoms with Gasteiger partial charge in [0.1, 0.15) is 5.76 Å². The molecule has 0 bridgehead atoms. The fourth-order valence-electron chi connectivity index (χ4n) is 2.58. The summed E-state index contributed by atoms with van der Waals surface area (Å²) in [5.41, 5.74) is 0.296. The minimum Gasteiger partial charge on any atom is -0.467 e. The molecule has 0 saturated heterocycles. The van der Waals surface area contributed by atoms with E-state index in [1.54, 1.807) is 12.1 Å². The van der Waals surface area contributed by atoms with Crippen LogP contribution in [0.25, 0.3) is 0 Å². The molecule has 0 spiro atoms. The summed E-state index contributed by atoms with van der Waals surface area (Å²) in [6.45, 7) is 5.81. The van der Waals surface area contributed by atoms with Gasteiger partial charge in [-0.1, -0.05) is 30.3 Å². The average molecular weight is 338 g/mol. The number of hydrogen-bond donors (Lipinski definition) is 1. The molecule has 2 rings (SSSR count). The van der Waals surface area contributed by atoms with Crippen LogP contribution in [0.3, 0.4) is 0 Å². The van der Waals surface area contributed by atoms with E-state index in [0.717, 1.165) is 5.56 Å². The van der Waals surface area contributed by atoms with E-state index in [1.807, 2.05) is 51.1 Å². The van der Waals surface area contributed by atoms with Crippen LogP contribution in [0.1, 0.15) is 38.1 Å². The average Bonchev–Trinajstić information content (AvgIpc) is 3.10. The summed E-state index contributed by atoms with van der Waals surface area (Å²) in [5, 5.41) is 2.86. The number of terminal acetylenes is 1. The number of nitrogens with zero attached hydrogens (tertiary/aromatic N) is 1. The summed E-state index contributed by atoms with van der Waals surface area (Å²) in [6.07, 6.45) is 6.79. The maximum atomic E-state index is 12.9. The highest BCUT2D eigenvalue weighted by Gasteiger charge is 2.39. The Morgan fingerprint density at radius 3 is 2.40 bits per heavy atom. The molecule has 5 nitrogen and oxygen atoms in total. The van der Waals surface area contributed by atoms with Gasteiger partial charge in [0, 0.05) is 12.1 Å². The topological polar surface area (TPSA) is 62.6 Å². The van der Waals surface area contributed by atoms with Crippen molar-refractivity contribution in [1.29, 1.82) is 0 Å². The Labute approximate surface area is 148 Å². The molecule has 0 aliphatic heterocycles. The minimum absolute atomic E-state index is 0.346. The van der Waals surface area contributed by atoms with Crippen molar-refractivity contribution in [1.82, 2.24) is 10.2 Å². The summed E-state index contributed by atoms with van der Waals surface area (Å²) < 4.78 is 5.42. The molecule has 2 amide bonds. The van der Waals surface area contributed by atoms with Gasteiger partial charge >= 0.3 is 0 Å². The van der Waals surface area contributed by atoms with Crippen LogP contribution in [0.2, 0.25) is 0 Å². The van der Waals surface area contributed by atoms with Crippen LogP contribution in [-0.4, -0.2) is 22.3 Å². The number of carbonyl (C=O) groups excluding carboxylic acids is 2. The molecular formula is C20H22N2O3. The van der Waals surface area contributed by atoms with E-state index in [1.165, 1.54) is 11.2 Å². The molecule has 1 N–H and O–H groups in total. The van der Waals surface area contributed by atoms with Gasteiger partial charge in [-0.3, -0.25) is 9.59 Å². The molecule has 130 valence electrons. The van der Waals surface area contributed by atoms with E-state index in [-0.39, 0.29) is 5.91 Å². The van der Waals surface area contributed by atoms with Crippen molar-refractivity contribution < 1.29 is 14.0 Å². The second-order valence-corrected chi connectivity index (χ2v) is 6.61. The normalized spacial score (nSPS) is 12.1. The van der Waals surface area contributed by atoms with E-state index < -0.39 is 17.5 Å². The first-order valence-electron chi connectivity index (χ1n) is 7.99. The van der Waals surface area contributed by atoms with Gasteiger partial charge in [-0.15, -0.1) is 6.42 Å². The number of hydrogen-bond acceptors (Lipinski definition) is 3. The summed E-state index contributed by atoms with van der Waals surface area (Å²) in [6, 6.07) is 11.9. The number of nitrogens with one attached hydrogen (secondary N) is 1. The second kappa shape index (κ2) is 7.71. The van der Waals surface area contributed by atoms with Crippen LogP contribution < -0.4 is 5.32 Å². The lowest BCUT2D eigenvalue weighted by Crippen LogP contribution is -2.51. The molecule has 1 atom stereocenters. The lowest BCUT2D eigenvalue weighted by molar-refractivity contribution is -0.143. The van der Waals surface area contributed by atoms with Crippen molar-refractivity contribution in [2.45, 2.75) is 38.9 Å². The first-order chi connectivity index (χ1) is 11.8. The Balaban J connectivity index is 2.31. The number of benzene rings is 1. The van der Waals surface area contributed by atoms with Crippen LogP contribution in [-0.2, 0) is 16.1 Å². The summed E-state index contributed by atoms with van der Waals surface area (Å²) in [5.74, 6) is 1.56. The lowest BCUT2D eigenvalue weighted by Gasteiger charge is -2.38. The fourth-order valence-corrected chi connectivity index (χ4v) is 2.58. The highest BCUT2D eigenvalue weighted by Crippen LogP contribution is 2.29. The predicted octanol–water partition coefficient (Wildman–Crippen LogP) is 2.90. The molecule has 0 radical (unpaired) electrons. The lowest BCUT2D eigenvalue weighted by atomic mass is 10.00. The quantitative estimate of drug-likeness (QED) is 0.853. The molecule has 0 aliphatic rings. The number of carbonyl (C=O) groups is 2. The van der Waals surface area contributed by atoms with Crippen LogP contribution >= 0.6 is 0 Å². The molecule has 1 aromatic heterocycles. The third-order valence-electron chi connectivity index (χ3n) is 3.69. The Hall–Kier alpha value is -3.00. The Bertz CT molecular complexity index is 752. The Kier molecular flexibility index (Phi) is 5.66. The van der Waals surface area contributed by atoms with Crippen molar-refractivity contribution >= 4 is 11.8 Å². The van der Waals surface area contributed by atoms with Gasteiger partial charge in [0.25, 0.3) is 11.8 Å². The van der Waals surface area contributed by atoms with Crippen molar-refractivity contribution in [3.63, 3.8) is 0 Å². The monoisotopic (exact) mass is 338 g/mol. The highest BCUT2D eigenvalue weighted by atomic mass is 16.3. The van der Waals surface area contributed by atoms with Crippen LogP contribution in [0.4, 0.5) is 0 Å². The second-order valence-electron chi connectivity index (χ2n) is 6.61. The van der Waals surface area contributed by atoms with Gasteiger partial charge in [0.05, 0.1) is 6.26 Å². The Morgan fingerprint density at radius 2 is 1.88 bits per heavy atom. The summed E-state index contributed by atoms with van der Waals surface area (Å²) in [7, 11) is 0. The molecule has 1 aromatic carbocycles. The first-order valence-corrected chi connectivity index (χ1v) is 7.99. The van der Waals surface area contributed by atoms with Crippen LogP contribution in [0, 0.1) is 12.3 Å². The molecule has 1 heterocycles. The molecular weight excluding hydrogens is 316 g/mol. The number of amides is 2. The van der Waals surface area contributed by atoms with Gasteiger partial charge in [0.2, 0.25) is 0 Å². The van der Waals surface area contributed by atoms with Gasteiger partial charge in [0.15, 0.2) is 6.04 Å². The third-order valence-corrected chi connectivity index (χ3v) is 3.69. The molecule has 5 heteroatoms. The van der Waals surface area contributed by atoms with E-state index in [9.17, 15) is 9.59 Å². The summed E-state index contributed by atoms with van der Waals surface area (Å²) >= 11 is 0. The number of furan rings is 1. The molecule has 1 unspecified atom stereocenters. The smallest absolute Gasteiger partial charge is 0.299 e. The van der Waals surface area contributed by atoms with Gasteiger partial charge in [-0.25, -0.2) is 0 Å². The maximum Gasteiger partial charge on any atom is 0.299 e. The first kappa shape index (κ1) is 18.3. The van der Waals surface area contributed by atoms with Crippen LogP contribution in [0.15, 0.2) is 53.1 Å². The van der Waals surface area contributed by atoms with Gasteiger partial charge < -0.3 is 14.6 Å².